The summed E-state index contributed by atoms with van der Waals surface area (Å²) in [6, 6.07) is 2.00. The Bertz CT molecular complexity index is 317. The number of hydrogen-bond acceptors (Lipinski definition) is 2. The first-order valence-electron chi connectivity index (χ1n) is 5.21. The Morgan fingerprint density at radius 3 is 2.93 bits per heavy atom. The molecule has 0 aliphatic rings. The summed E-state index contributed by atoms with van der Waals surface area (Å²) in [6.45, 7) is 6.44. The highest BCUT2D eigenvalue weighted by atomic mass is 16.1. The van der Waals surface area contributed by atoms with Gasteiger partial charge in [0.1, 0.15) is 6.54 Å². The minimum atomic E-state index is -0.313. The number of primary amides is 1. The molecule has 0 radical (unpaired) electrons. The molecule has 4 heteroatoms. The Hall–Kier alpha value is -1.29. The summed E-state index contributed by atoms with van der Waals surface area (Å²) >= 11 is 0. The molecule has 0 bridgehead atoms. The average molecular weight is 209 g/mol. The summed E-state index contributed by atoms with van der Waals surface area (Å²) in [5.41, 5.74) is 6.28. The van der Waals surface area contributed by atoms with Crippen molar-refractivity contribution in [3.63, 3.8) is 0 Å². The van der Waals surface area contributed by atoms with Gasteiger partial charge >= 0.3 is 0 Å². The Kier molecular flexibility index (Phi) is 4.37. The van der Waals surface area contributed by atoms with Crippen LogP contribution in [0.25, 0.3) is 0 Å². The van der Waals surface area contributed by atoms with Crippen molar-refractivity contribution in [1.29, 1.82) is 0 Å². The second-order valence-corrected chi connectivity index (χ2v) is 4.18. The van der Waals surface area contributed by atoms with E-state index in [0.717, 1.165) is 13.1 Å². The predicted octanol–water partition coefficient (Wildman–Crippen LogP) is 0.719. The van der Waals surface area contributed by atoms with Crippen LogP contribution in [0, 0.1) is 5.92 Å². The molecule has 0 saturated carbocycles. The van der Waals surface area contributed by atoms with E-state index in [2.05, 4.69) is 19.2 Å². The molecule has 1 heterocycles. The van der Waals surface area contributed by atoms with Crippen LogP contribution in [-0.4, -0.2) is 17.0 Å². The molecule has 0 spiro atoms. The number of aromatic nitrogens is 1. The molecule has 0 aromatic carbocycles. The van der Waals surface area contributed by atoms with E-state index >= 15 is 0 Å². The first-order valence-corrected chi connectivity index (χ1v) is 5.21. The normalized spacial score (nSPS) is 10.9. The predicted molar refractivity (Wildman–Crippen MR) is 60.2 cm³/mol. The number of hydrogen-bond donors (Lipinski definition) is 2. The molecule has 1 amide bonds. The van der Waals surface area contributed by atoms with Crippen LogP contribution >= 0.6 is 0 Å². The molecular formula is C11H19N3O. The van der Waals surface area contributed by atoms with Gasteiger partial charge in [0, 0.05) is 18.9 Å². The van der Waals surface area contributed by atoms with Gasteiger partial charge in [0.05, 0.1) is 0 Å². The number of rotatable bonds is 6. The SMILES string of the molecule is CC(C)CNCc1ccn(CC(N)=O)c1. The van der Waals surface area contributed by atoms with Gasteiger partial charge in [-0.2, -0.15) is 0 Å². The second-order valence-electron chi connectivity index (χ2n) is 4.18. The number of carbonyl (C=O) groups is 1. The molecule has 0 fully saturated rings. The zero-order valence-corrected chi connectivity index (χ0v) is 9.36. The molecule has 0 aliphatic heterocycles. The van der Waals surface area contributed by atoms with Crippen molar-refractivity contribution in [1.82, 2.24) is 9.88 Å². The molecule has 15 heavy (non-hydrogen) atoms. The highest BCUT2D eigenvalue weighted by molar-refractivity contribution is 5.73. The lowest BCUT2D eigenvalue weighted by Gasteiger charge is -2.05. The third kappa shape index (κ3) is 4.65. The largest absolute Gasteiger partial charge is 0.368 e. The summed E-state index contributed by atoms with van der Waals surface area (Å²) in [4.78, 5) is 10.7. The van der Waals surface area contributed by atoms with Gasteiger partial charge < -0.3 is 15.6 Å². The fourth-order valence-corrected chi connectivity index (χ4v) is 1.38. The topological polar surface area (TPSA) is 60.1 Å². The molecule has 1 aromatic rings. The molecule has 1 aromatic heterocycles. The number of carbonyl (C=O) groups excluding carboxylic acids is 1. The van der Waals surface area contributed by atoms with Gasteiger partial charge in [-0.3, -0.25) is 4.79 Å². The molecule has 0 unspecified atom stereocenters. The van der Waals surface area contributed by atoms with Crippen molar-refractivity contribution in [3.8, 4) is 0 Å². The zero-order valence-electron chi connectivity index (χ0n) is 9.36. The summed E-state index contributed by atoms with van der Waals surface area (Å²) in [5.74, 6) is 0.338. The van der Waals surface area contributed by atoms with Gasteiger partial charge in [0.2, 0.25) is 5.91 Å². The van der Waals surface area contributed by atoms with E-state index in [0.29, 0.717) is 5.92 Å². The van der Waals surface area contributed by atoms with Crippen molar-refractivity contribution >= 4 is 5.91 Å². The Morgan fingerprint density at radius 1 is 1.60 bits per heavy atom. The van der Waals surface area contributed by atoms with E-state index in [1.54, 1.807) is 4.57 Å². The van der Waals surface area contributed by atoms with Gasteiger partial charge in [-0.15, -0.1) is 0 Å². The van der Waals surface area contributed by atoms with E-state index in [4.69, 9.17) is 5.73 Å². The van der Waals surface area contributed by atoms with E-state index < -0.39 is 0 Å². The summed E-state index contributed by atoms with van der Waals surface area (Å²) in [5, 5.41) is 3.34. The van der Waals surface area contributed by atoms with Crippen LogP contribution in [0.4, 0.5) is 0 Å². The summed E-state index contributed by atoms with van der Waals surface area (Å²) in [7, 11) is 0. The molecule has 4 nitrogen and oxygen atoms in total. The first-order chi connectivity index (χ1) is 7.08. The van der Waals surface area contributed by atoms with Crippen LogP contribution in [0.5, 0.6) is 0 Å². The Labute approximate surface area is 90.5 Å². The second kappa shape index (κ2) is 5.56. The minimum absolute atomic E-state index is 0.254. The average Bonchev–Trinajstić information content (AvgIpc) is 2.50. The first kappa shape index (κ1) is 11.8. The molecule has 0 aliphatic carbocycles. The van der Waals surface area contributed by atoms with Crippen molar-refractivity contribution in [2.75, 3.05) is 6.54 Å². The number of amides is 1. The van der Waals surface area contributed by atoms with E-state index in [-0.39, 0.29) is 12.5 Å². The summed E-state index contributed by atoms with van der Waals surface area (Å²) in [6.07, 6.45) is 3.81. The summed E-state index contributed by atoms with van der Waals surface area (Å²) < 4.78 is 1.80. The molecule has 0 atom stereocenters. The van der Waals surface area contributed by atoms with E-state index in [1.807, 2.05) is 18.5 Å². The van der Waals surface area contributed by atoms with Crippen LogP contribution in [-0.2, 0) is 17.9 Å². The molecular weight excluding hydrogens is 190 g/mol. The number of nitrogens with two attached hydrogens (primary N) is 1. The van der Waals surface area contributed by atoms with Crippen LogP contribution in [0.2, 0.25) is 0 Å². The maximum atomic E-state index is 10.7. The van der Waals surface area contributed by atoms with Crippen molar-refractivity contribution in [2.24, 2.45) is 11.7 Å². The maximum absolute atomic E-state index is 10.7. The lowest BCUT2D eigenvalue weighted by molar-refractivity contribution is -0.118. The standard InChI is InChI=1S/C11H19N3O/c1-9(2)5-13-6-10-3-4-14(7-10)8-11(12)15/h3-4,7,9,13H,5-6,8H2,1-2H3,(H2,12,15). The highest BCUT2D eigenvalue weighted by Crippen LogP contribution is 2.01. The lowest BCUT2D eigenvalue weighted by atomic mass is 10.2. The van der Waals surface area contributed by atoms with Crippen LogP contribution in [0.3, 0.4) is 0 Å². The fourth-order valence-electron chi connectivity index (χ4n) is 1.38. The fraction of sp³-hybridized carbons (Fsp3) is 0.545. The monoisotopic (exact) mass is 209 g/mol. The van der Waals surface area contributed by atoms with Gasteiger partial charge in [-0.25, -0.2) is 0 Å². The highest BCUT2D eigenvalue weighted by Gasteiger charge is 2.00. The van der Waals surface area contributed by atoms with Gasteiger partial charge in [-0.1, -0.05) is 13.8 Å². The third-order valence-corrected chi connectivity index (χ3v) is 2.03. The Morgan fingerprint density at radius 2 is 2.33 bits per heavy atom. The quantitative estimate of drug-likeness (QED) is 0.725. The maximum Gasteiger partial charge on any atom is 0.237 e. The zero-order chi connectivity index (χ0) is 11.3. The smallest absolute Gasteiger partial charge is 0.237 e. The molecule has 3 N–H and O–H groups in total. The van der Waals surface area contributed by atoms with E-state index in [1.165, 1.54) is 5.56 Å². The molecule has 84 valence electrons. The van der Waals surface area contributed by atoms with Gasteiger partial charge in [0.25, 0.3) is 0 Å². The minimum Gasteiger partial charge on any atom is -0.368 e. The lowest BCUT2D eigenvalue weighted by Crippen LogP contribution is -2.19. The van der Waals surface area contributed by atoms with Gasteiger partial charge in [0.15, 0.2) is 0 Å². The molecule has 0 saturated heterocycles. The van der Waals surface area contributed by atoms with Crippen LogP contribution in [0.15, 0.2) is 18.5 Å². The van der Waals surface area contributed by atoms with Crippen LogP contribution in [0.1, 0.15) is 19.4 Å². The van der Waals surface area contributed by atoms with Crippen molar-refractivity contribution in [2.45, 2.75) is 26.9 Å². The molecule has 1 rings (SSSR count). The van der Waals surface area contributed by atoms with Gasteiger partial charge in [-0.05, 0) is 24.1 Å². The van der Waals surface area contributed by atoms with Crippen LogP contribution < -0.4 is 11.1 Å². The van der Waals surface area contributed by atoms with Crippen molar-refractivity contribution < 1.29 is 4.79 Å². The third-order valence-electron chi connectivity index (χ3n) is 2.03. The van der Waals surface area contributed by atoms with E-state index in [9.17, 15) is 4.79 Å². The van der Waals surface area contributed by atoms with Crippen molar-refractivity contribution in [3.05, 3.63) is 24.0 Å². The Balaban J connectivity index is 2.36. The number of nitrogens with zero attached hydrogens (tertiary/aromatic N) is 1. The number of nitrogens with one attached hydrogen (secondary N) is 1.